The Kier molecular flexibility index (Phi) is 7.62. The summed E-state index contributed by atoms with van der Waals surface area (Å²) in [5.41, 5.74) is 1.55. The van der Waals surface area contributed by atoms with Crippen LogP contribution < -0.4 is 14.8 Å². The molecule has 6 nitrogen and oxygen atoms in total. The maximum Gasteiger partial charge on any atom is 0.262 e. The van der Waals surface area contributed by atoms with E-state index in [-0.39, 0.29) is 17.4 Å². The number of hydrogen-bond donors (Lipinski definition) is 2. The molecule has 0 saturated carbocycles. The number of ether oxygens (including phenoxy) is 1. The summed E-state index contributed by atoms with van der Waals surface area (Å²) in [4.78, 5) is 12.2. The van der Waals surface area contributed by atoms with Gasteiger partial charge in [-0.25, -0.2) is 13.1 Å². The van der Waals surface area contributed by atoms with E-state index in [1.54, 1.807) is 24.3 Å². The van der Waals surface area contributed by atoms with Crippen LogP contribution in [0.15, 0.2) is 88.2 Å². The molecule has 0 bridgehead atoms. The molecule has 3 aromatic rings. The van der Waals surface area contributed by atoms with Gasteiger partial charge in [0.1, 0.15) is 5.75 Å². The van der Waals surface area contributed by atoms with E-state index in [9.17, 15) is 13.2 Å². The number of carbonyl (C=O) groups excluding carboxylic acids is 1. The first kappa shape index (κ1) is 22.0. The molecule has 0 aliphatic heterocycles. The maximum atomic E-state index is 12.4. The van der Waals surface area contributed by atoms with Gasteiger partial charge in [-0.3, -0.25) is 4.79 Å². The molecular formula is C22H21BrN2O4S. The molecule has 1 amide bonds. The lowest BCUT2D eigenvalue weighted by atomic mass is 10.2. The molecule has 3 aromatic carbocycles. The summed E-state index contributed by atoms with van der Waals surface area (Å²) in [7, 11) is -3.62. The largest absolute Gasteiger partial charge is 0.484 e. The molecule has 0 aliphatic rings. The van der Waals surface area contributed by atoms with Crippen molar-refractivity contribution < 1.29 is 17.9 Å². The van der Waals surface area contributed by atoms with Gasteiger partial charge in [0.05, 0.1) is 4.90 Å². The average molecular weight is 489 g/mol. The molecular weight excluding hydrogens is 468 g/mol. The topological polar surface area (TPSA) is 84.5 Å². The van der Waals surface area contributed by atoms with Gasteiger partial charge in [-0.05, 0) is 60.5 Å². The average Bonchev–Trinajstić information content (AvgIpc) is 2.74. The van der Waals surface area contributed by atoms with Crippen LogP contribution in [-0.4, -0.2) is 27.5 Å². The number of benzene rings is 3. The second-order valence-corrected chi connectivity index (χ2v) is 9.13. The zero-order valence-electron chi connectivity index (χ0n) is 16.0. The minimum absolute atomic E-state index is 0.139. The summed E-state index contributed by atoms with van der Waals surface area (Å²) in [6, 6.07) is 22.8. The van der Waals surface area contributed by atoms with E-state index in [1.165, 1.54) is 12.1 Å². The van der Waals surface area contributed by atoms with Crippen LogP contribution in [0.1, 0.15) is 5.56 Å². The van der Waals surface area contributed by atoms with Gasteiger partial charge < -0.3 is 10.1 Å². The van der Waals surface area contributed by atoms with Gasteiger partial charge in [0, 0.05) is 16.7 Å². The predicted molar refractivity (Wildman–Crippen MR) is 120 cm³/mol. The molecule has 3 rings (SSSR count). The van der Waals surface area contributed by atoms with Crippen LogP contribution in [0.2, 0.25) is 0 Å². The van der Waals surface area contributed by atoms with Crippen LogP contribution in [0.4, 0.5) is 5.69 Å². The number of carbonyl (C=O) groups is 1. The minimum Gasteiger partial charge on any atom is -0.484 e. The summed E-state index contributed by atoms with van der Waals surface area (Å²) < 4.78 is 33.8. The van der Waals surface area contributed by atoms with Crippen molar-refractivity contribution in [3.8, 4) is 5.75 Å². The van der Waals surface area contributed by atoms with Crippen LogP contribution in [-0.2, 0) is 21.2 Å². The van der Waals surface area contributed by atoms with E-state index in [2.05, 4.69) is 26.0 Å². The maximum absolute atomic E-state index is 12.4. The van der Waals surface area contributed by atoms with Crippen molar-refractivity contribution in [3.63, 3.8) is 0 Å². The normalized spacial score (nSPS) is 11.1. The van der Waals surface area contributed by atoms with Crippen molar-refractivity contribution in [1.82, 2.24) is 4.72 Å². The summed E-state index contributed by atoms with van der Waals surface area (Å²) in [5, 5.41) is 2.68. The van der Waals surface area contributed by atoms with Gasteiger partial charge in [0.25, 0.3) is 5.91 Å². The molecule has 0 aromatic heterocycles. The zero-order valence-corrected chi connectivity index (χ0v) is 18.4. The van der Waals surface area contributed by atoms with Crippen molar-refractivity contribution in [2.45, 2.75) is 11.3 Å². The number of anilines is 1. The van der Waals surface area contributed by atoms with E-state index < -0.39 is 10.0 Å². The Balaban J connectivity index is 1.49. The fourth-order valence-corrected chi connectivity index (χ4v) is 3.95. The molecule has 0 atom stereocenters. The second kappa shape index (κ2) is 10.4. The number of sulfonamides is 1. The lowest BCUT2D eigenvalue weighted by Gasteiger charge is -2.10. The molecule has 0 aliphatic carbocycles. The molecule has 156 valence electrons. The third-order valence-corrected chi connectivity index (χ3v) is 6.19. The number of nitrogens with one attached hydrogen (secondary N) is 2. The highest BCUT2D eigenvalue weighted by atomic mass is 79.9. The molecule has 8 heteroatoms. The monoisotopic (exact) mass is 488 g/mol. The molecule has 2 N–H and O–H groups in total. The fourth-order valence-electron chi connectivity index (χ4n) is 2.65. The highest BCUT2D eigenvalue weighted by molar-refractivity contribution is 9.10. The van der Waals surface area contributed by atoms with E-state index in [0.29, 0.717) is 24.4 Å². The fraction of sp³-hybridized carbons (Fsp3) is 0.136. The van der Waals surface area contributed by atoms with Gasteiger partial charge in [-0.1, -0.05) is 46.3 Å². The molecule has 0 heterocycles. The Labute approximate surface area is 184 Å². The van der Waals surface area contributed by atoms with E-state index in [0.717, 1.165) is 10.0 Å². The van der Waals surface area contributed by atoms with Crippen LogP contribution in [0, 0.1) is 0 Å². The lowest BCUT2D eigenvalue weighted by molar-refractivity contribution is -0.118. The van der Waals surface area contributed by atoms with Crippen molar-refractivity contribution in [1.29, 1.82) is 0 Å². The van der Waals surface area contributed by atoms with Crippen molar-refractivity contribution in [2.24, 2.45) is 0 Å². The van der Waals surface area contributed by atoms with E-state index >= 15 is 0 Å². The van der Waals surface area contributed by atoms with Gasteiger partial charge >= 0.3 is 0 Å². The first-order chi connectivity index (χ1) is 14.4. The zero-order chi connectivity index (χ0) is 21.4. The third-order valence-electron chi connectivity index (χ3n) is 4.18. The highest BCUT2D eigenvalue weighted by Gasteiger charge is 2.13. The van der Waals surface area contributed by atoms with Crippen molar-refractivity contribution >= 4 is 37.5 Å². The molecule has 0 radical (unpaired) electrons. The van der Waals surface area contributed by atoms with Crippen LogP contribution in [0.5, 0.6) is 5.75 Å². The Morgan fingerprint density at radius 1 is 0.900 bits per heavy atom. The minimum atomic E-state index is -3.62. The number of hydrogen-bond acceptors (Lipinski definition) is 4. The van der Waals surface area contributed by atoms with Crippen LogP contribution in [0.25, 0.3) is 0 Å². The summed E-state index contributed by atoms with van der Waals surface area (Å²) in [6.07, 6.45) is 0.604. The number of rotatable bonds is 9. The Bertz CT molecular complexity index is 1070. The third kappa shape index (κ3) is 6.69. The number of halogens is 1. The molecule has 0 saturated heterocycles. The summed E-state index contributed by atoms with van der Waals surface area (Å²) in [6.45, 7) is 0.154. The lowest BCUT2D eigenvalue weighted by Crippen LogP contribution is -2.26. The van der Waals surface area contributed by atoms with Crippen LogP contribution >= 0.6 is 15.9 Å². The van der Waals surface area contributed by atoms with Gasteiger partial charge in [0.2, 0.25) is 10.0 Å². The molecule has 0 fully saturated rings. The first-order valence-electron chi connectivity index (χ1n) is 9.24. The molecule has 0 unspecified atom stereocenters. The summed E-state index contributed by atoms with van der Waals surface area (Å²) >= 11 is 3.33. The smallest absolute Gasteiger partial charge is 0.262 e. The SMILES string of the molecule is O=C(COc1ccc(Br)cc1)Nc1ccc(S(=O)(=O)NCCc2ccccc2)cc1. The van der Waals surface area contributed by atoms with Crippen LogP contribution in [0.3, 0.4) is 0 Å². The van der Waals surface area contributed by atoms with E-state index in [4.69, 9.17) is 4.74 Å². The quantitative estimate of drug-likeness (QED) is 0.476. The molecule has 30 heavy (non-hydrogen) atoms. The predicted octanol–water partition coefficient (Wildman–Crippen LogP) is 3.99. The van der Waals surface area contributed by atoms with Crippen molar-refractivity contribution in [3.05, 3.63) is 88.9 Å². The Morgan fingerprint density at radius 2 is 1.57 bits per heavy atom. The van der Waals surface area contributed by atoms with E-state index in [1.807, 2.05) is 42.5 Å². The Hall–Kier alpha value is -2.68. The van der Waals surface area contributed by atoms with Gasteiger partial charge in [-0.2, -0.15) is 0 Å². The Morgan fingerprint density at radius 3 is 2.23 bits per heavy atom. The summed E-state index contributed by atoms with van der Waals surface area (Å²) in [5.74, 6) is 0.242. The van der Waals surface area contributed by atoms with Gasteiger partial charge in [-0.15, -0.1) is 0 Å². The second-order valence-electron chi connectivity index (χ2n) is 6.45. The first-order valence-corrected chi connectivity index (χ1v) is 11.5. The highest BCUT2D eigenvalue weighted by Crippen LogP contribution is 2.17. The standard InChI is InChI=1S/C22H21BrN2O4S/c23-18-6-10-20(11-7-18)29-16-22(26)25-19-8-12-21(13-9-19)30(27,28)24-15-14-17-4-2-1-3-5-17/h1-13,24H,14-16H2,(H,25,26). The van der Waals surface area contributed by atoms with Crippen molar-refractivity contribution in [2.75, 3.05) is 18.5 Å². The number of amides is 1. The molecule has 0 spiro atoms. The van der Waals surface area contributed by atoms with Gasteiger partial charge in [0.15, 0.2) is 6.61 Å².